The van der Waals surface area contributed by atoms with Crippen molar-refractivity contribution in [1.82, 2.24) is 14.5 Å². The van der Waals surface area contributed by atoms with Gasteiger partial charge in [-0.1, -0.05) is 19.9 Å². The first-order chi connectivity index (χ1) is 17.8. The Morgan fingerprint density at radius 3 is 2.24 bits per heavy atom. The van der Waals surface area contributed by atoms with Gasteiger partial charge in [0, 0.05) is 30.7 Å². The zero-order valence-electron chi connectivity index (χ0n) is 21.7. The van der Waals surface area contributed by atoms with Crippen LogP contribution >= 0.6 is 0 Å². The smallest absolute Gasteiger partial charge is 0.249 e. The summed E-state index contributed by atoms with van der Waals surface area (Å²) in [6.45, 7) is 7.85. The number of hydrogen-bond acceptors (Lipinski definition) is 3. The van der Waals surface area contributed by atoms with Gasteiger partial charge in [0.25, 0.3) is 0 Å². The molecule has 6 nitrogen and oxygen atoms in total. The zero-order valence-corrected chi connectivity index (χ0v) is 21.7. The predicted molar refractivity (Wildman–Crippen MR) is 144 cm³/mol. The normalized spacial score (nSPS) is 19.1. The second kappa shape index (κ2) is 10.9. The summed E-state index contributed by atoms with van der Waals surface area (Å²) < 4.78 is 29.3. The summed E-state index contributed by atoms with van der Waals surface area (Å²) >= 11 is 0. The van der Waals surface area contributed by atoms with Gasteiger partial charge in [0.2, 0.25) is 5.91 Å². The molecular formula is C29H31F2N5O. The first kappa shape index (κ1) is 26.0. The summed E-state index contributed by atoms with van der Waals surface area (Å²) in [5, 5.41) is 0. The summed E-state index contributed by atoms with van der Waals surface area (Å²) in [4.78, 5) is 26.6. The number of imidazole rings is 1. The number of aliphatic imine (C=N–C) groups is 1. The average molecular weight is 504 g/mol. The van der Waals surface area contributed by atoms with E-state index in [0.717, 1.165) is 17.6 Å². The molecule has 1 aliphatic rings. The highest BCUT2D eigenvalue weighted by Crippen LogP contribution is 2.32. The van der Waals surface area contributed by atoms with Gasteiger partial charge >= 0.3 is 0 Å². The molecule has 1 atom stereocenters. The second-order valence-electron chi connectivity index (χ2n) is 8.86. The zero-order chi connectivity index (χ0) is 26.7. The fourth-order valence-electron chi connectivity index (χ4n) is 4.47. The van der Waals surface area contributed by atoms with E-state index in [1.807, 2.05) is 49.4 Å². The van der Waals surface area contributed by atoms with Crippen molar-refractivity contribution in [3.63, 3.8) is 0 Å². The molecule has 0 spiro atoms. The fourth-order valence-corrected chi connectivity index (χ4v) is 4.47. The van der Waals surface area contributed by atoms with Crippen LogP contribution in [0.5, 0.6) is 0 Å². The molecule has 2 heterocycles. The number of hydrogen-bond donors (Lipinski definition) is 0. The van der Waals surface area contributed by atoms with E-state index in [1.54, 1.807) is 42.4 Å². The van der Waals surface area contributed by atoms with E-state index in [-0.39, 0.29) is 17.5 Å². The van der Waals surface area contributed by atoms with Crippen molar-refractivity contribution in [3.8, 4) is 11.4 Å². The Balaban J connectivity index is 1.96. The number of allylic oxidation sites excluding steroid dienone is 2. The third-order valence-electron chi connectivity index (χ3n) is 6.61. The van der Waals surface area contributed by atoms with E-state index in [1.165, 1.54) is 24.3 Å². The minimum atomic E-state index is -0.513. The molecule has 1 fully saturated rings. The van der Waals surface area contributed by atoms with Crippen molar-refractivity contribution in [2.75, 3.05) is 11.9 Å². The Hall–Kier alpha value is -4.07. The largest absolute Gasteiger partial charge is 0.312 e. The Bertz CT molecular complexity index is 1370. The first-order valence-electron chi connectivity index (χ1n) is 12.4. The number of amidine groups is 1. The van der Waals surface area contributed by atoms with Crippen molar-refractivity contribution in [2.45, 2.75) is 46.6 Å². The van der Waals surface area contributed by atoms with Crippen LogP contribution in [0.25, 0.3) is 17.2 Å². The molecule has 0 N–H and O–H groups in total. The topological polar surface area (TPSA) is 53.7 Å². The summed E-state index contributed by atoms with van der Waals surface area (Å²) in [7, 11) is 1.75. The quantitative estimate of drug-likeness (QED) is 0.387. The lowest BCUT2D eigenvalue weighted by Crippen LogP contribution is -2.57. The third kappa shape index (κ3) is 4.96. The van der Waals surface area contributed by atoms with E-state index in [2.05, 4.69) is 4.98 Å². The molecular weight excluding hydrogens is 472 g/mol. The van der Waals surface area contributed by atoms with Gasteiger partial charge in [0.15, 0.2) is 5.84 Å². The number of halogens is 2. The number of piperazine rings is 1. The van der Waals surface area contributed by atoms with E-state index < -0.39 is 6.04 Å². The van der Waals surface area contributed by atoms with Crippen LogP contribution in [0.2, 0.25) is 0 Å². The Kier molecular flexibility index (Phi) is 7.66. The number of rotatable bonds is 6. The highest BCUT2D eigenvalue weighted by atomic mass is 19.1. The predicted octanol–water partition coefficient (Wildman–Crippen LogP) is 6.49. The third-order valence-corrected chi connectivity index (χ3v) is 6.61. The molecule has 192 valence electrons. The van der Waals surface area contributed by atoms with Crippen LogP contribution in [0.4, 0.5) is 14.5 Å². The van der Waals surface area contributed by atoms with Crippen molar-refractivity contribution in [1.29, 1.82) is 0 Å². The van der Waals surface area contributed by atoms with Crippen LogP contribution in [-0.2, 0) is 4.79 Å². The molecule has 1 unspecified atom stereocenters. The Morgan fingerprint density at radius 2 is 1.68 bits per heavy atom. The van der Waals surface area contributed by atoms with Crippen molar-refractivity contribution in [3.05, 3.63) is 89.9 Å². The van der Waals surface area contributed by atoms with Crippen LogP contribution in [-0.4, -0.2) is 39.3 Å². The van der Waals surface area contributed by atoms with Gasteiger partial charge in [-0.3, -0.25) is 9.36 Å². The summed E-state index contributed by atoms with van der Waals surface area (Å²) in [5.41, 5.74) is 3.06. The van der Waals surface area contributed by atoms with Gasteiger partial charge in [-0.05, 0) is 80.8 Å². The van der Waals surface area contributed by atoms with Crippen LogP contribution < -0.4 is 4.90 Å². The van der Waals surface area contributed by atoms with Gasteiger partial charge < -0.3 is 9.80 Å². The Labute approximate surface area is 216 Å². The van der Waals surface area contributed by atoms with E-state index in [0.29, 0.717) is 35.3 Å². The molecule has 3 aromatic rings. The van der Waals surface area contributed by atoms with Gasteiger partial charge in [0.1, 0.15) is 29.3 Å². The summed E-state index contributed by atoms with van der Waals surface area (Å²) in [5.74, 6) is 1.10. The lowest BCUT2D eigenvalue weighted by Gasteiger charge is -2.42. The minimum absolute atomic E-state index is 0.0637. The molecule has 1 aliphatic heterocycles. The fraction of sp³-hybridized carbons (Fsp3) is 0.276. The number of carbonyl (C=O) groups excluding carboxylic acids is 1. The SMILES string of the molecule is C\C=C1/C(=N\C(=C(/C)CC)n2ccnc2-c2ccc(F)cc2)N(c2ccc(F)cc2)C(CC)C(=O)N1C. The molecule has 4 rings (SSSR count). The van der Waals surface area contributed by atoms with Crippen molar-refractivity contribution >= 4 is 23.3 Å². The molecule has 0 radical (unpaired) electrons. The van der Waals surface area contributed by atoms with E-state index in [9.17, 15) is 13.6 Å². The molecule has 1 saturated heterocycles. The molecule has 0 bridgehead atoms. The van der Waals surface area contributed by atoms with Gasteiger partial charge in [-0.2, -0.15) is 0 Å². The number of carbonyl (C=O) groups is 1. The molecule has 0 aliphatic carbocycles. The minimum Gasteiger partial charge on any atom is -0.312 e. The van der Waals surface area contributed by atoms with Crippen LogP contribution in [0.15, 0.2) is 83.3 Å². The molecule has 1 amide bonds. The number of anilines is 1. The molecule has 1 aromatic heterocycles. The molecule has 8 heteroatoms. The maximum absolute atomic E-state index is 13.8. The highest BCUT2D eigenvalue weighted by molar-refractivity contribution is 6.18. The number of nitrogens with zero attached hydrogens (tertiary/aromatic N) is 5. The summed E-state index contributed by atoms with van der Waals surface area (Å²) in [6.07, 6.45) is 6.62. The monoisotopic (exact) mass is 503 g/mol. The van der Waals surface area contributed by atoms with E-state index in [4.69, 9.17) is 4.99 Å². The van der Waals surface area contributed by atoms with Crippen LogP contribution in [0.3, 0.4) is 0 Å². The lowest BCUT2D eigenvalue weighted by atomic mass is 10.0. The van der Waals surface area contributed by atoms with Crippen LogP contribution in [0.1, 0.15) is 40.5 Å². The highest BCUT2D eigenvalue weighted by Gasteiger charge is 2.39. The van der Waals surface area contributed by atoms with Gasteiger partial charge in [-0.25, -0.2) is 18.8 Å². The summed E-state index contributed by atoms with van der Waals surface area (Å²) in [6, 6.07) is 11.7. The average Bonchev–Trinajstić information content (AvgIpc) is 3.39. The van der Waals surface area contributed by atoms with Gasteiger partial charge in [0.05, 0.1) is 5.70 Å². The maximum atomic E-state index is 13.8. The maximum Gasteiger partial charge on any atom is 0.249 e. The van der Waals surface area contributed by atoms with E-state index >= 15 is 0 Å². The number of amides is 1. The number of aromatic nitrogens is 2. The molecule has 0 saturated carbocycles. The number of likely N-dealkylation sites (N-methyl/N-ethyl adjacent to an activating group) is 1. The number of benzene rings is 2. The standard InChI is InChI=1S/C29H31F2N5O/c1-6-19(4)26(35-18-17-32-27(35)20-9-11-21(30)12-10-20)33-28-24(7-2)34(5)29(37)25(8-3)36(28)23-15-13-22(31)14-16-23/h7,9-18,25H,6,8H2,1-5H3/b24-7+,26-19-,33-28+. The van der Waals surface area contributed by atoms with Crippen molar-refractivity contribution in [2.24, 2.45) is 4.99 Å². The lowest BCUT2D eigenvalue weighted by molar-refractivity contribution is -0.129. The van der Waals surface area contributed by atoms with Crippen molar-refractivity contribution < 1.29 is 13.6 Å². The Morgan fingerprint density at radius 1 is 1.05 bits per heavy atom. The van der Waals surface area contributed by atoms with Crippen LogP contribution in [0, 0.1) is 11.6 Å². The molecule has 37 heavy (non-hydrogen) atoms. The molecule has 2 aromatic carbocycles. The van der Waals surface area contributed by atoms with Gasteiger partial charge in [-0.15, -0.1) is 0 Å². The second-order valence-corrected chi connectivity index (χ2v) is 8.86. The first-order valence-corrected chi connectivity index (χ1v) is 12.4.